The molecule has 3 nitrogen and oxygen atoms in total. The second-order valence-electron chi connectivity index (χ2n) is 2.69. The van der Waals surface area contributed by atoms with E-state index in [1.54, 1.807) is 13.0 Å². The summed E-state index contributed by atoms with van der Waals surface area (Å²) in [6.45, 7) is 8.02. The summed E-state index contributed by atoms with van der Waals surface area (Å²) in [7, 11) is 0. The van der Waals surface area contributed by atoms with E-state index in [0.717, 1.165) is 0 Å². The van der Waals surface area contributed by atoms with Crippen LogP contribution in [0.5, 0.6) is 0 Å². The van der Waals surface area contributed by atoms with Crippen molar-refractivity contribution in [1.82, 2.24) is 0 Å². The third-order valence-corrected chi connectivity index (χ3v) is 2.00. The first-order valence-corrected chi connectivity index (χ1v) is 6.22. The van der Waals surface area contributed by atoms with E-state index in [9.17, 15) is 4.79 Å². The number of ether oxygens (including phenoxy) is 2. The van der Waals surface area contributed by atoms with Gasteiger partial charge in [0.1, 0.15) is 11.3 Å². The van der Waals surface area contributed by atoms with E-state index < -0.39 is 5.97 Å². The van der Waals surface area contributed by atoms with Crippen molar-refractivity contribution in [3.63, 3.8) is 0 Å². The van der Waals surface area contributed by atoms with E-state index in [2.05, 4.69) is 22.5 Å². The number of rotatable bonds is 7. The smallest absolute Gasteiger partial charge is 0.341 e. The molecular weight excluding hydrogens is 272 g/mol. The minimum Gasteiger partial charge on any atom is -0.493 e. The molecule has 0 fully saturated rings. The Morgan fingerprint density at radius 3 is 2.38 bits per heavy atom. The lowest BCUT2D eigenvalue weighted by molar-refractivity contribution is -0.138. The maximum atomic E-state index is 11.6. The Balaban J connectivity index is 5.05. The number of hydrogen-bond donors (Lipinski definition) is 0. The monoisotopic (exact) mass is 288 g/mol. The molecule has 0 aromatic carbocycles. The van der Waals surface area contributed by atoms with E-state index >= 15 is 0 Å². The van der Waals surface area contributed by atoms with Gasteiger partial charge in [0, 0.05) is 5.33 Å². The van der Waals surface area contributed by atoms with Crippen LogP contribution in [0.15, 0.2) is 36.1 Å². The molecule has 0 N–H and O–H groups in total. The highest BCUT2D eigenvalue weighted by atomic mass is 79.9. The zero-order valence-electron chi connectivity index (χ0n) is 9.66. The van der Waals surface area contributed by atoms with Crippen LogP contribution in [0.1, 0.15) is 13.8 Å². The topological polar surface area (TPSA) is 35.5 Å². The minimum atomic E-state index is -0.417. The van der Waals surface area contributed by atoms with Crippen LogP contribution in [-0.4, -0.2) is 24.5 Å². The van der Waals surface area contributed by atoms with Crippen LogP contribution >= 0.6 is 15.9 Å². The highest BCUT2D eigenvalue weighted by molar-refractivity contribution is 9.09. The van der Waals surface area contributed by atoms with E-state index in [1.165, 1.54) is 6.08 Å². The summed E-state index contributed by atoms with van der Waals surface area (Å²) in [5.41, 5.74) is 0.348. The Labute approximate surface area is 105 Å². The van der Waals surface area contributed by atoms with Gasteiger partial charge in [-0.2, -0.15) is 0 Å². The SMILES string of the molecule is C=C/C(C(=O)OCC)=C(\C=C\CBr)OCC. The summed E-state index contributed by atoms with van der Waals surface area (Å²) in [4.78, 5) is 11.6. The molecule has 0 rings (SSSR count). The van der Waals surface area contributed by atoms with Gasteiger partial charge in [-0.15, -0.1) is 0 Å². The standard InChI is InChI=1S/C12H17BrO3/c1-4-10(12(14)16-6-3)11(15-5-2)8-7-9-13/h4,7-8H,1,5-6,9H2,2-3H3/b8-7+,11-10-. The number of alkyl halides is 1. The zero-order chi connectivity index (χ0) is 12.4. The summed E-state index contributed by atoms with van der Waals surface area (Å²) < 4.78 is 10.3. The molecule has 0 aliphatic carbocycles. The number of carbonyl (C=O) groups excluding carboxylic acids is 1. The molecule has 0 saturated carbocycles. The van der Waals surface area contributed by atoms with E-state index in [0.29, 0.717) is 29.9 Å². The largest absolute Gasteiger partial charge is 0.493 e. The number of carbonyl (C=O) groups is 1. The van der Waals surface area contributed by atoms with Crippen molar-refractivity contribution in [1.29, 1.82) is 0 Å². The van der Waals surface area contributed by atoms with Crippen LogP contribution in [0.25, 0.3) is 0 Å². The van der Waals surface area contributed by atoms with E-state index in [-0.39, 0.29) is 0 Å². The van der Waals surface area contributed by atoms with Crippen molar-refractivity contribution >= 4 is 21.9 Å². The second kappa shape index (κ2) is 9.21. The van der Waals surface area contributed by atoms with Gasteiger partial charge >= 0.3 is 5.97 Å². The van der Waals surface area contributed by atoms with Crippen LogP contribution in [0, 0.1) is 0 Å². The lowest BCUT2D eigenvalue weighted by atomic mass is 10.2. The zero-order valence-corrected chi connectivity index (χ0v) is 11.2. The Morgan fingerprint density at radius 1 is 1.31 bits per heavy atom. The molecule has 90 valence electrons. The Morgan fingerprint density at radius 2 is 1.94 bits per heavy atom. The number of hydrogen-bond acceptors (Lipinski definition) is 3. The van der Waals surface area contributed by atoms with Gasteiger partial charge in [-0.1, -0.05) is 34.7 Å². The van der Waals surface area contributed by atoms with Gasteiger partial charge in [0.15, 0.2) is 0 Å². The minimum absolute atomic E-state index is 0.331. The third kappa shape index (κ3) is 5.16. The number of esters is 1. The first-order chi connectivity index (χ1) is 7.71. The maximum absolute atomic E-state index is 11.6. The van der Waals surface area contributed by atoms with Crippen LogP contribution in [0.3, 0.4) is 0 Å². The molecule has 0 aliphatic rings. The van der Waals surface area contributed by atoms with Crippen molar-refractivity contribution in [2.45, 2.75) is 13.8 Å². The van der Waals surface area contributed by atoms with Gasteiger partial charge in [0.2, 0.25) is 0 Å². The normalized spacial score (nSPS) is 12.2. The molecule has 0 heterocycles. The first kappa shape index (κ1) is 15.0. The van der Waals surface area contributed by atoms with Crippen molar-refractivity contribution in [2.75, 3.05) is 18.5 Å². The van der Waals surface area contributed by atoms with Gasteiger partial charge in [-0.05, 0) is 19.9 Å². The molecule has 0 spiro atoms. The fourth-order valence-corrected chi connectivity index (χ4v) is 1.20. The van der Waals surface area contributed by atoms with Crippen molar-refractivity contribution in [3.05, 3.63) is 36.1 Å². The lowest BCUT2D eigenvalue weighted by Crippen LogP contribution is -2.09. The molecule has 0 amide bonds. The van der Waals surface area contributed by atoms with E-state index in [4.69, 9.17) is 9.47 Å². The fraction of sp³-hybridized carbons (Fsp3) is 0.417. The molecule has 0 aliphatic heterocycles. The molecule has 0 aromatic rings. The third-order valence-electron chi connectivity index (χ3n) is 1.62. The average molecular weight is 289 g/mol. The first-order valence-electron chi connectivity index (χ1n) is 5.10. The van der Waals surface area contributed by atoms with Crippen LogP contribution < -0.4 is 0 Å². The summed E-state index contributed by atoms with van der Waals surface area (Å²) in [6, 6.07) is 0. The van der Waals surface area contributed by atoms with Gasteiger partial charge in [0.05, 0.1) is 13.2 Å². The lowest BCUT2D eigenvalue weighted by Gasteiger charge is -2.09. The van der Waals surface area contributed by atoms with Crippen LogP contribution in [0.2, 0.25) is 0 Å². The molecular formula is C12H17BrO3. The summed E-state index contributed by atoms with van der Waals surface area (Å²) in [6.07, 6.45) is 5.02. The summed E-state index contributed by atoms with van der Waals surface area (Å²) in [5.74, 6) is 0.0653. The Bertz CT molecular complexity index is 293. The average Bonchev–Trinajstić information content (AvgIpc) is 2.27. The van der Waals surface area contributed by atoms with E-state index in [1.807, 2.05) is 13.0 Å². The molecule has 0 unspecified atom stereocenters. The predicted molar refractivity (Wildman–Crippen MR) is 68.4 cm³/mol. The molecule has 0 aromatic heterocycles. The molecule has 0 saturated heterocycles. The molecule has 16 heavy (non-hydrogen) atoms. The Kier molecular flexibility index (Phi) is 8.62. The fourth-order valence-electron chi connectivity index (χ4n) is 1.02. The summed E-state index contributed by atoms with van der Waals surface area (Å²) >= 11 is 3.26. The predicted octanol–water partition coefficient (Wildman–Crippen LogP) is 2.98. The van der Waals surface area contributed by atoms with Crippen molar-refractivity contribution < 1.29 is 14.3 Å². The van der Waals surface area contributed by atoms with Gasteiger partial charge in [0.25, 0.3) is 0 Å². The van der Waals surface area contributed by atoms with Gasteiger partial charge in [-0.3, -0.25) is 0 Å². The quantitative estimate of drug-likeness (QED) is 0.238. The van der Waals surface area contributed by atoms with Crippen molar-refractivity contribution in [3.8, 4) is 0 Å². The van der Waals surface area contributed by atoms with Gasteiger partial charge in [-0.25, -0.2) is 4.79 Å². The number of allylic oxidation sites excluding steroid dienone is 2. The molecule has 4 heteroatoms. The summed E-state index contributed by atoms with van der Waals surface area (Å²) in [5, 5.41) is 0.691. The highest BCUT2D eigenvalue weighted by Crippen LogP contribution is 2.12. The van der Waals surface area contributed by atoms with Gasteiger partial charge < -0.3 is 9.47 Å². The molecule has 0 radical (unpaired) electrons. The Hall–Kier alpha value is -1.03. The van der Waals surface area contributed by atoms with Crippen LogP contribution in [-0.2, 0) is 14.3 Å². The van der Waals surface area contributed by atoms with Crippen LogP contribution in [0.4, 0.5) is 0 Å². The maximum Gasteiger partial charge on any atom is 0.341 e. The second-order valence-corrected chi connectivity index (χ2v) is 3.34. The molecule has 0 atom stereocenters. The number of halogens is 1. The van der Waals surface area contributed by atoms with Crippen molar-refractivity contribution in [2.24, 2.45) is 0 Å². The molecule has 0 bridgehead atoms. The highest BCUT2D eigenvalue weighted by Gasteiger charge is 2.12.